The Labute approximate surface area is 206 Å². The van der Waals surface area contributed by atoms with E-state index in [0.717, 1.165) is 28.1 Å². The second kappa shape index (κ2) is 10.8. The highest BCUT2D eigenvalue weighted by molar-refractivity contribution is 7.17. The van der Waals surface area contributed by atoms with Gasteiger partial charge >= 0.3 is 0 Å². The molecule has 1 atom stereocenters. The first kappa shape index (κ1) is 26.0. The lowest BCUT2D eigenvalue weighted by molar-refractivity contribution is 0.0155. The summed E-state index contributed by atoms with van der Waals surface area (Å²) in [5.74, 6) is 0.987. The van der Waals surface area contributed by atoms with Crippen molar-refractivity contribution in [2.24, 2.45) is 17.8 Å². The third kappa shape index (κ3) is 6.10. The maximum atomic E-state index is 12.8. The first-order valence-corrected chi connectivity index (χ1v) is 12.9. The molecule has 1 aliphatic carbocycles. The quantitative estimate of drug-likeness (QED) is 0.366. The average Bonchev–Trinajstić information content (AvgIpc) is 3.53. The molecule has 0 aliphatic heterocycles. The SMILES string of the molecule is CC(C1CC1)C(C)(C)O.CCc1cccc(NC(=O)c2cccc3ncsc23)c1C(=O)C(C)C. The van der Waals surface area contributed by atoms with Gasteiger partial charge in [0.05, 0.1) is 32.6 Å². The van der Waals surface area contributed by atoms with Gasteiger partial charge in [0, 0.05) is 11.5 Å². The summed E-state index contributed by atoms with van der Waals surface area (Å²) < 4.78 is 0.850. The molecule has 1 aromatic heterocycles. The number of benzene rings is 2. The zero-order valence-electron chi connectivity index (χ0n) is 21.0. The number of nitrogens with one attached hydrogen (secondary N) is 1. The fourth-order valence-electron chi connectivity index (χ4n) is 4.01. The minimum Gasteiger partial charge on any atom is -0.390 e. The molecule has 2 aromatic carbocycles. The number of aliphatic hydroxyl groups is 1. The number of Topliss-reactive ketones (excluding diaryl/α,β-unsaturated/α-hetero) is 1. The number of carbonyl (C=O) groups excluding carboxylic acids is 2. The number of fused-ring (bicyclic) bond motifs is 1. The van der Waals surface area contributed by atoms with Gasteiger partial charge in [0.25, 0.3) is 5.91 Å². The molecule has 6 heteroatoms. The lowest BCUT2D eigenvalue weighted by Gasteiger charge is -2.25. The summed E-state index contributed by atoms with van der Waals surface area (Å²) in [7, 11) is 0. The standard InChI is InChI=1S/C20H20N2O2S.C8H16O/c1-4-13-7-5-9-15(17(13)18(23)12(2)3)22-20(24)14-8-6-10-16-19(14)25-11-21-16;1-6(7-4-5-7)8(2,3)9/h5-12H,4H2,1-3H3,(H,22,24);6-7,9H,4-5H2,1-3H3. The highest BCUT2D eigenvalue weighted by atomic mass is 32.1. The van der Waals surface area contributed by atoms with Gasteiger partial charge in [-0.3, -0.25) is 9.59 Å². The molecule has 1 amide bonds. The van der Waals surface area contributed by atoms with Gasteiger partial charge in [0.2, 0.25) is 0 Å². The van der Waals surface area contributed by atoms with Crippen molar-refractivity contribution in [1.82, 2.24) is 4.98 Å². The van der Waals surface area contributed by atoms with Crippen LogP contribution in [-0.2, 0) is 6.42 Å². The predicted molar refractivity (Wildman–Crippen MR) is 141 cm³/mol. The molecule has 182 valence electrons. The number of aromatic nitrogens is 1. The van der Waals surface area contributed by atoms with Crippen LogP contribution in [0.4, 0.5) is 5.69 Å². The molecule has 0 radical (unpaired) electrons. The Morgan fingerprint density at radius 1 is 1.15 bits per heavy atom. The van der Waals surface area contributed by atoms with Gasteiger partial charge in [-0.15, -0.1) is 11.3 Å². The Kier molecular flexibility index (Phi) is 8.26. The molecule has 1 fully saturated rings. The first-order valence-electron chi connectivity index (χ1n) is 12.1. The second-order valence-corrected chi connectivity index (χ2v) is 10.8. The maximum absolute atomic E-state index is 12.8. The van der Waals surface area contributed by atoms with E-state index in [9.17, 15) is 14.7 Å². The molecule has 1 saturated carbocycles. The largest absolute Gasteiger partial charge is 0.390 e. The van der Waals surface area contributed by atoms with E-state index in [2.05, 4.69) is 17.2 Å². The molecule has 1 unspecified atom stereocenters. The zero-order valence-corrected chi connectivity index (χ0v) is 21.8. The molecule has 3 aromatic rings. The lowest BCUT2D eigenvalue weighted by atomic mass is 9.89. The number of carbonyl (C=O) groups is 2. The van der Waals surface area contributed by atoms with Crippen molar-refractivity contribution >= 4 is 38.9 Å². The van der Waals surface area contributed by atoms with E-state index in [1.807, 2.05) is 58.9 Å². The van der Waals surface area contributed by atoms with Gasteiger partial charge in [0.1, 0.15) is 0 Å². The van der Waals surface area contributed by atoms with E-state index in [1.165, 1.54) is 24.2 Å². The molecular weight excluding hydrogens is 444 g/mol. The second-order valence-electron chi connectivity index (χ2n) is 9.95. The number of nitrogens with zero attached hydrogens (tertiary/aromatic N) is 1. The highest BCUT2D eigenvalue weighted by Gasteiger charge is 2.36. The van der Waals surface area contributed by atoms with E-state index in [-0.39, 0.29) is 17.6 Å². The van der Waals surface area contributed by atoms with E-state index in [4.69, 9.17) is 0 Å². The minimum atomic E-state index is -0.457. The average molecular weight is 481 g/mol. The van der Waals surface area contributed by atoms with Crippen LogP contribution >= 0.6 is 11.3 Å². The minimum absolute atomic E-state index is 0.0451. The Balaban J connectivity index is 0.000000302. The number of ketones is 1. The Bertz CT molecular complexity index is 1160. The van der Waals surface area contributed by atoms with Gasteiger partial charge in [-0.25, -0.2) is 4.98 Å². The van der Waals surface area contributed by atoms with Gasteiger partial charge in [-0.05, 0) is 68.7 Å². The van der Waals surface area contributed by atoms with E-state index >= 15 is 0 Å². The Hall–Kier alpha value is -2.57. The number of anilines is 1. The van der Waals surface area contributed by atoms with Gasteiger partial charge < -0.3 is 10.4 Å². The Morgan fingerprint density at radius 3 is 2.38 bits per heavy atom. The number of amides is 1. The summed E-state index contributed by atoms with van der Waals surface area (Å²) in [6, 6.07) is 11.1. The van der Waals surface area contributed by atoms with E-state index in [0.29, 0.717) is 22.7 Å². The fraction of sp³-hybridized carbons (Fsp3) is 0.464. The van der Waals surface area contributed by atoms with Crippen LogP contribution in [0.1, 0.15) is 80.7 Å². The van der Waals surface area contributed by atoms with Crippen molar-refractivity contribution in [3.05, 3.63) is 58.6 Å². The van der Waals surface area contributed by atoms with E-state index < -0.39 is 5.60 Å². The van der Waals surface area contributed by atoms with Gasteiger partial charge in [-0.1, -0.05) is 45.9 Å². The third-order valence-corrected chi connectivity index (χ3v) is 7.47. The molecule has 1 heterocycles. The first-order chi connectivity index (χ1) is 16.0. The van der Waals surface area contributed by atoms with Gasteiger partial charge in [-0.2, -0.15) is 0 Å². The molecular formula is C28H36N2O3S. The van der Waals surface area contributed by atoms with Crippen molar-refractivity contribution in [3.63, 3.8) is 0 Å². The number of thiazole rings is 1. The zero-order chi connectivity index (χ0) is 25.0. The topological polar surface area (TPSA) is 79.3 Å². The number of hydrogen-bond acceptors (Lipinski definition) is 5. The van der Waals surface area contributed by atoms with Crippen LogP contribution < -0.4 is 5.32 Å². The predicted octanol–water partition coefficient (Wildman–Crippen LogP) is 6.75. The van der Waals surface area contributed by atoms with Crippen molar-refractivity contribution in [3.8, 4) is 0 Å². The van der Waals surface area contributed by atoms with Crippen LogP contribution in [0.2, 0.25) is 0 Å². The van der Waals surface area contributed by atoms with Gasteiger partial charge in [0.15, 0.2) is 5.78 Å². The summed E-state index contributed by atoms with van der Waals surface area (Å²) in [5, 5.41) is 12.4. The summed E-state index contributed by atoms with van der Waals surface area (Å²) in [5.41, 5.74) is 4.79. The van der Waals surface area contributed by atoms with Crippen LogP contribution in [0.3, 0.4) is 0 Å². The number of hydrogen-bond donors (Lipinski definition) is 2. The van der Waals surface area contributed by atoms with Crippen LogP contribution in [0.25, 0.3) is 10.2 Å². The molecule has 4 rings (SSSR count). The van der Waals surface area contributed by atoms with Crippen molar-refractivity contribution in [1.29, 1.82) is 0 Å². The third-order valence-electron chi connectivity index (χ3n) is 6.60. The smallest absolute Gasteiger partial charge is 0.257 e. The lowest BCUT2D eigenvalue weighted by Crippen LogP contribution is -2.29. The van der Waals surface area contributed by atoms with Crippen LogP contribution in [-0.4, -0.2) is 27.4 Å². The summed E-state index contributed by atoms with van der Waals surface area (Å²) >= 11 is 1.44. The highest BCUT2D eigenvalue weighted by Crippen LogP contribution is 2.41. The summed E-state index contributed by atoms with van der Waals surface area (Å²) in [6.45, 7) is 11.7. The van der Waals surface area contributed by atoms with E-state index in [1.54, 1.807) is 17.6 Å². The number of aryl methyl sites for hydroxylation is 1. The normalized spacial score (nSPS) is 14.5. The fourth-order valence-corrected chi connectivity index (χ4v) is 4.81. The number of rotatable bonds is 7. The van der Waals surface area contributed by atoms with Crippen molar-refractivity contribution < 1.29 is 14.7 Å². The summed E-state index contributed by atoms with van der Waals surface area (Å²) in [6.07, 6.45) is 3.39. The molecule has 2 N–H and O–H groups in total. The maximum Gasteiger partial charge on any atom is 0.257 e. The van der Waals surface area contributed by atoms with Crippen LogP contribution in [0.15, 0.2) is 41.9 Å². The molecule has 0 saturated heterocycles. The monoisotopic (exact) mass is 480 g/mol. The van der Waals surface area contributed by atoms with Crippen LogP contribution in [0.5, 0.6) is 0 Å². The molecule has 5 nitrogen and oxygen atoms in total. The Morgan fingerprint density at radius 2 is 1.82 bits per heavy atom. The molecule has 34 heavy (non-hydrogen) atoms. The van der Waals surface area contributed by atoms with Crippen LogP contribution in [0, 0.1) is 17.8 Å². The van der Waals surface area contributed by atoms with Crippen molar-refractivity contribution in [2.75, 3.05) is 5.32 Å². The summed E-state index contributed by atoms with van der Waals surface area (Å²) in [4.78, 5) is 29.8. The van der Waals surface area contributed by atoms with Crippen molar-refractivity contribution in [2.45, 2.75) is 66.4 Å². The molecule has 0 spiro atoms. The molecule has 1 aliphatic rings. The molecule has 0 bridgehead atoms.